The average molecular weight is 322 g/mol. The molecule has 0 aromatic heterocycles. The monoisotopic (exact) mass is 322 g/mol. The number of hydrogen-bond acceptors (Lipinski definition) is 4. The summed E-state index contributed by atoms with van der Waals surface area (Å²) in [6.45, 7) is 1.95. The van der Waals surface area contributed by atoms with Gasteiger partial charge in [0.05, 0.1) is 6.61 Å². The molecule has 0 bridgehead atoms. The summed E-state index contributed by atoms with van der Waals surface area (Å²) < 4.78 is 4.75. The SMILES string of the molecule is COCC(NC(=O)CCN(Cc1ccccc1)C(C)=O)C(=O)O. The minimum absolute atomic E-state index is 0.0277. The standard InChI is InChI=1S/C16H22N2O5/c1-12(19)18(10-13-6-4-3-5-7-13)9-8-15(20)17-14(11-23-2)16(21)22/h3-7,14H,8-11H2,1-2H3,(H,17,20)(H,21,22). The van der Waals surface area contributed by atoms with Crippen molar-refractivity contribution in [1.82, 2.24) is 10.2 Å². The second kappa shape index (κ2) is 9.58. The zero-order valence-electron chi connectivity index (χ0n) is 13.3. The van der Waals surface area contributed by atoms with Crippen molar-refractivity contribution in [3.05, 3.63) is 35.9 Å². The lowest BCUT2D eigenvalue weighted by molar-refractivity contribution is -0.143. The molecule has 23 heavy (non-hydrogen) atoms. The van der Waals surface area contributed by atoms with Crippen LogP contribution < -0.4 is 5.32 Å². The summed E-state index contributed by atoms with van der Waals surface area (Å²) in [7, 11) is 1.36. The van der Waals surface area contributed by atoms with Crippen molar-refractivity contribution in [3.8, 4) is 0 Å². The number of aliphatic carboxylic acids is 1. The Balaban J connectivity index is 2.53. The third-order valence-electron chi connectivity index (χ3n) is 3.24. The van der Waals surface area contributed by atoms with Crippen LogP contribution in [0.15, 0.2) is 30.3 Å². The maximum Gasteiger partial charge on any atom is 0.328 e. The highest BCUT2D eigenvalue weighted by Crippen LogP contribution is 2.05. The van der Waals surface area contributed by atoms with Crippen LogP contribution >= 0.6 is 0 Å². The summed E-state index contributed by atoms with van der Waals surface area (Å²) in [6.07, 6.45) is 0.0277. The van der Waals surface area contributed by atoms with E-state index in [2.05, 4.69) is 5.32 Å². The number of rotatable bonds is 9. The average Bonchev–Trinajstić information content (AvgIpc) is 2.51. The highest BCUT2D eigenvalue weighted by molar-refractivity contribution is 5.84. The van der Waals surface area contributed by atoms with E-state index in [1.54, 1.807) is 4.90 Å². The van der Waals surface area contributed by atoms with Crippen molar-refractivity contribution in [2.75, 3.05) is 20.3 Å². The van der Waals surface area contributed by atoms with Gasteiger partial charge in [0.25, 0.3) is 0 Å². The first-order valence-corrected chi connectivity index (χ1v) is 7.24. The lowest BCUT2D eigenvalue weighted by atomic mass is 10.2. The Morgan fingerprint density at radius 1 is 1.26 bits per heavy atom. The molecule has 1 atom stereocenters. The van der Waals surface area contributed by atoms with Gasteiger partial charge in [0, 0.05) is 33.5 Å². The molecule has 0 radical (unpaired) electrons. The van der Waals surface area contributed by atoms with Gasteiger partial charge >= 0.3 is 5.97 Å². The Bertz CT molecular complexity index is 533. The van der Waals surface area contributed by atoms with Crippen LogP contribution in [-0.2, 0) is 25.7 Å². The zero-order chi connectivity index (χ0) is 17.2. The van der Waals surface area contributed by atoms with Crippen molar-refractivity contribution in [2.24, 2.45) is 0 Å². The number of nitrogens with zero attached hydrogens (tertiary/aromatic N) is 1. The fourth-order valence-electron chi connectivity index (χ4n) is 2.00. The Hall–Kier alpha value is -2.41. The van der Waals surface area contributed by atoms with E-state index in [1.807, 2.05) is 30.3 Å². The Labute approximate surface area is 135 Å². The molecule has 7 nitrogen and oxygen atoms in total. The lowest BCUT2D eigenvalue weighted by Gasteiger charge is -2.21. The minimum Gasteiger partial charge on any atom is -0.480 e. The van der Waals surface area contributed by atoms with Crippen LogP contribution in [0.25, 0.3) is 0 Å². The molecule has 0 fully saturated rings. The van der Waals surface area contributed by atoms with E-state index < -0.39 is 17.9 Å². The lowest BCUT2D eigenvalue weighted by Crippen LogP contribution is -2.44. The van der Waals surface area contributed by atoms with Gasteiger partial charge in [-0.1, -0.05) is 30.3 Å². The highest BCUT2D eigenvalue weighted by Gasteiger charge is 2.20. The molecule has 1 unspecified atom stereocenters. The van der Waals surface area contributed by atoms with E-state index in [-0.39, 0.29) is 25.5 Å². The van der Waals surface area contributed by atoms with Crippen molar-refractivity contribution >= 4 is 17.8 Å². The first kappa shape index (κ1) is 18.6. The van der Waals surface area contributed by atoms with E-state index in [0.29, 0.717) is 6.54 Å². The molecule has 1 aromatic rings. The molecule has 0 aliphatic heterocycles. The van der Waals surface area contributed by atoms with Gasteiger partial charge in [-0.2, -0.15) is 0 Å². The summed E-state index contributed by atoms with van der Waals surface area (Å²) in [5, 5.41) is 11.3. The Kier molecular flexibility index (Phi) is 7.76. The number of hydrogen-bond donors (Lipinski definition) is 2. The summed E-state index contributed by atoms with van der Waals surface area (Å²) in [6, 6.07) is 8.35. The van der Waals surface area contributed by atoms with Gasteiger partial charge in [0.15, 0.2) is 6.04 Å². The number of amides is 2. The van der Waals surface area contributed by atoms with Crippen LogP contribution in [0, 0.1) is 0 Å². The van der Waals surface area contributed by atoms with E-state index in [1.165, 1.54) is 14.0 Å². The van der Waals surface area contributed by atoms with Gasteiger partial charge in [-0.25, -0.2) is 4.79 Å². The summed E-state index contributed by atoms with van der Waals surface area (Å²) in [4.78, 5) is 36.0. The van der Waals surface area contributed by atoms with Gasteiger partial charge in [-0.3, -0.25) is 9.59 Å². The predicted octanol–water partition coefficient (Wildman–Crippen LogP) is 0.641. The third-order valence-corrected chi connectivity index (χ3v) is 3.24. The molecular formula is C16H22N2O5. The molecule has 0 heterocycles. The number of carboxylic acid groups (broad SMARTS) is 1. The highest BCUT2D eigenvalue weighted by atomic mass is 16.5. The molecule has 1 aromatic carbocycles. The molecule has 0 saturated heterocycles. The number of ether oxygens (including phenoxy) is 1. The molecule has 0 aliphatic rings. The van der Waals surface area contributed by atoms with Gasteiger partial charge in [0.1, 0.15) is 0 Å². The first-order valence-electron chi connectivity index (χ1n) is 7.24. The quantitative estimate of drug-likeness (QED) is 0.695. The third kappa shape index (κ3) is 6.92. The fourth-order valence-corrected chi connectivity index (χ4v) is 2.00. The molecule has 7 heteroatoms. The second-order valence-corrected chi connectivity index (χ2v) is 5.09. The molecule has 126 valence electrons. The molecule has 0 saturated carbocycles. The van der Waals surface area contributed by atoms with Gasteiger partial charge < -0.3 is 20.1 Å². The minimum atomic E-state index is -1.16. The van der Waals surface area contributed by atoms with E-state index in [4.69, 9.17) is 9.84 Å². The van der Waals surface area contributed by atoms with Crippen LogP contribution in [-0.4, -0.2) is 54.1 Å². The van der Waals surface area contributed by atoms with Crippen molar-refractivity contribution in [3.63, 3.8) is 0 Å². The number of carboxylic acids is 1. The van der Waals surface area contributed by atoms with Crippen molar-refractivity contribution < 1.29 is 24.2 Å². The normalized spacial score (nSPS) is 11.6. The summed E-state index contributed by atoms with van der Waals surface area (Å²) >= 11 is 0. The van der Waals surface area contributed by atoms with Crippen LogP contribution in [0.5, 0.6) is 0 Å². The number of methoxy groups -OCH3 is 1. The van der Waals surface area contributed by atoms with Crippen molar-refractivity contribution in [2.45, 2.75) is 25.9 Å². The van der Waals surface area contributed by atoms with Crippen LogP contribution in [0.2, 0.25) is 0 Å². The maximum atomic E-state index is 11.8. The predicted molar refractivity (Wildman–Crippen MR) is 83.6 cm³/mol. The molecule has 0 spiro atoms. The van der Waals surface area contributed by atoms with Crippen molar-refractivity contribution in [1.29, 1.82) is 0 Å². The molecule has 1 rings (SSSR count). The second-order valence-electron chi connectivity index (χ2n) is 5.09. The van der Waals surface area contributed by atoms with Crippen LogP contribution in [0.1, 0.15) is 18.9 Å². The van der Waals surface area contributed by atoms with E-state index in [9.17, 15) is 14.4 Å². The molecular weight excluding hydrogens is 300 g/mol. The van der Waals surface area contributed by atoms with E-state index in [0.717, 1.165) is 5.56 Å². The van der Waals surface area contributed by atoms with E-state index >= 15 is 0 Å². The molecule has 2 N–H and O–H groups in total. The first-order chi connectivity index (χ1) is 10.9. The number of carbonyl (C=O) groups is 3. The van der Waals surface area contributed by atoms with Gasteiger partial charge in [-0.05, 0) is 5.56 Å². The van der Waals surface area contributed by atoms with Crippen LogP contribution in [0.4, 0.5) is 0 Å². The number of carbonyl (C=O) groups excluding carboxylic acids is 2. The summed E-state index contributed by atoms with van der Waals surface area (Å²) in [5.41, 5.74) is 0.964. The number of benzene rings is 1. The Morgan fingerprint density at radius 2 is 1.91 bits per heavy atom. The summed E-state index contributed by atoms with van der Waals surface area (Å²) in [5.74, 6) is -1.74. The van der Waals surface area contributed by atoms with Crippen LogP contribution in [0.3, 0.4) is 0 Å². The topological polar surface area (TPSA) is 95.9 Å². The molecule has 0 aliphatic carbocycles. The maximum absolute atomic E-state index is 11.8. The molecule has 2 amide bonds. The fraction of sp³-hybridized carbons (Fsp3) is 0.438. The Morgan fingerprint density at radius 3 is 2.43 bits per heavy atom. The smallest absolute Gasteiger partial charge is 0.328 e. The van der Waals surface area contributed by atoms with Gasteiger partial charge in [0.2, 0.25) is 11.8 Å². The number of nitrogens with one attached hydrogen (secondary N) is 1. The largest absolute Gasteiger partial charge is 0.480 e. The van der Waals surface area contributed by atoms with Gasteiger partial charge in [-0.15, -0.1) is 0 Å². The zero-order valence-corrected chi connectivity index (χ0v) is 13.3.